The Morgan fingerprint density at radius 1 is 1.31 bits per heavy atom. The van der Waals surface area contributed by atoms with Crippen molar-refractivity contribution in [3.05, 3.63) is 22.7 Å². The van der Waals surface area contributed by atoms with Crippen molar-refractivity contribution in [3.8, 4) is 0 Å². The molecule has 9 heteroatoms. The third kappa shape index (κ3) is 4.96. The normalized spacial score (nSPS) is 22.6. The van der Waals surface area contributed by atoms with Gasteiger partial charge in [-0.15, -0.1) is 0 Å². The molecule has 26 heavy (non-hydrogen) atoms. The van der Waals surface area contributed by atoms with Gasteiger partial charge in [-0.2, -0.15) is 4.98 Å². The highest BCUT2D eigenvalue weighted by Crippen LogP contribution is 2.27. The first kappa shape index (κ1) is 20.2. The van der Waals surface area contributed by atoms with Crippen molar-refractivity contribution >= 4 is 17.5 Å². The molecule has 0 aromatic carbocycles. The molecule has 1 fully saturated rings. The average Bonchev–Trinajstić information content (AvgIpc) is 2.89. The maximum absolute atomic E-state index is 12.7. The van der Waals surface area contributed by atoms with Crippen LogP contribution in [-0.2, 0) is 23.8 Å². The van der Waals surface area contributed by atoms with Gasteiger partial charge >= 0.3 is 5.69 Å². The van der Waals surface area contributed by atoms with Crippen molar-refractivity contribution in [1.82, 2.24) is 9.55 Å². The van der Waals surface area contributed by atoms with Crippen LogP contribution < -0.4 is 11.0 Å². The molecule has 1 amide bonds. The Morgan fingerprint density at radius 2 is 2.04 bits per heavy atom. The van der Waals surface area contributed by atoms with Gasteiger partial charge in [-0.1, -0.05) is 13.8 Å². The lowest BCUT2D eigenvalue weighted by atomic mass is 10.1. The van der Waals surface area contributed by atoms with Crippen LogP contribution in [0.15, 0.2) is 17.1 Å². The highest BCUT2D eigenvalue weighted by atomic mass is 16.6. The molecule has 144 valence electrons. The number of nitrogens with one attached hydrogen (secondary N) is 1. The van der Waals surface area contributed by atoms with Crippen LogP contribution in [0.5, 0.6) is 0 Å². The fourth-order valence-electron chi connectivity index (χ4n) is 2.58. The van der Waals surface area contributed by atoms with Gasteiger partial charge in [-0.3, -0.25) is 14.2 Å². The molecule has 0 bridgehead atoms. The smallest absolute Gasteiger partial charge is 0.352 e. The monoisotopic (exact) mass is 367 g/mol. The molecule has 1 saturated heterocycles. The molecule has 1 unspecified atom stereocenters. The number of ether oxygens (including phenoxy) is 3. The minimum absolute atomic E-state index is 0.116. The molecule has 0 aliphatic carbocycles. The van der Waals surface area contributed by atoms with Crippen LogP contribution in [-0.4, -0.2) is 53.3 Å². The zero-order valence-electron chi connectivity index (χ0n) is 15.3. The van der Waals surface area contributed by atoms with E-state index in [-0.39, 0.29) is 24.1 Å². The Kier molecular flexibility index (Phi) is 7.43. The summed E-state index contributed by atoms with van der Waals surface area (Å²) in [7, 11) is 0. The van der Waals surface area contributed by atoms with E-state index < -0.39 is 24.1 Å². The molecule has 1 aromatic rings. The minimum atomic E-state index is -1.13. The van der Waals surface area contributed by atoms with Crippen LogP contribution in [0.4, 0.5) is 5.82 Å². The predicted molar refractivity (Wildman–Crippen MR) is 92.9 cm³/mol. The van der Waals surface area contributed by atoms with Gasteiger partial charge in [0.05, 0.1) is 6.61 Å². The maximum Gasteiger partial charge on any atom is 0.352 e. The summed E-state index contributed by atoms with van der Waals surface area (Å²) in [6.07, 6.45) is 0.461. The summed E-state index contributed by atoms with van der Waals surface area (Å²) in [5.41, 5.74) is -0.695. The topological polar surface area (TPSA) is 109 Å². The minimum Gasteiger partial charge on any atom is -0.379 e. The van der Waals surface area contributed by atoms with Crippen LogP contribution in [0.3, 0.4) is 0 Å². The molecule has 2 rings (SSSR count). The molecular weight excluding hydrogens is 342 g/mol. The largest absolute Gasteiger partial charge is 0.379 e. The van der Waals surface area contributed by atoms with E-state index in [1.54, 1.807) is 0 Å². The number of ketones is 1. The Labute approximate surface area is 151 Å². The molecule has 3 atom stereocenters. The van der Waals surface area contributed by atoms with Gasteiger partial charge in [0.25, 0.3) is 0 Å². The van der Waals surface area contributed by atoms with Gasteiger partial charge in [-0.25, -0.2) is 4.79 Å². The van der Waals surface area contributed by atoms with E-state index >= 15 is 0 Å². The molecule has 0 spiro atoms. The lowest BCUT2D eigenvalue weighted by Crippen LogP contribution is -2.35. The quantitative estimate of drug-likeness (QED) is 0.646. The first-order valence-electron chi connectivity index (χ1n) is 8.73. The summed E-state index contributed by atoms with van der Waals surface area (Å²) in [5.74, 6) is -0.574. The summed E-state index contributed by atoms with van der Waals surface area (Å²) in [6, 6.07) is 1.43. The average molecular weight is 367 g/mol. The second kappa shape index (κ2) is 9.56. The van der Waals surface area contributed by atoms with E-state index in [9.17, 15) is 14.4 Å². The highest BCUT2D eigenvalue weighted by molar-refractivity contribution is 5.88. The third-order valence-corrected chi connectivity index (χ3v) is 3.68. The van der Waals surface area contributed by atoms with Crippen LogP contribution >= 0.6 is 0 Å². The third-order valence-electron chi connectivity index (χ3n) is 3.68. The first-order valence-corrected chi connectivity index (χ1v) is 8.73. The molecule has 1 aliphatic heterocycles. The Morgan fingerprint density at radius 3 is 2.65 bits per heavy atom. The molecule has 0 saturated carbocycles. The van der Waals surface area contributed by atoms with Crippen molar-refractivity contribution in [2.75, 3.05) is 25.1 Å². The standard InChI is InChI=1S/C17H25N3O6/c1-4-8-24-10-12-15(25-9-5-2)14(22)16(26-12)20-7-6-13(18-11(3)21)19-17(20)23/h6-7,12,15-16H,4-5,8-10H2,1-3H3,(H,18,19,21,23)/t12?,15-,16-/m1/s1. The second-order valence-corrected chi connectivity index (χ2v) is 5.98. The highest BCUT2D eigenvalue weighted by Gasteiger charge is 2.45. The predicted octanol–water partition coefficient (Wildman–Crippen LogP) is 0.890. The maximum atomic E-state index is 12.7. The SMILES string of the molecule is CCCOCC1O[C@@H](n2ccc(NC(C)=O)nc2=O)C(=O)[C@@H]1OCCC. The lowest BCUT2D eigenvalue weighted by Gasteiger charge is -2.17. The van der Waals surface area contributed by atoms with Gasteiger partial charge in [0, 0.05) is 26.3 Å². The fraction of sp³-hybridized carbons (Fsp3) is 0.647. The van der Waals surface area contributed by atoms with Crippen LogP contribution in [0.1, 0.15) is 39.8 Å². The van der Waals surface area contributed by atoms with E-state index in [4.69, 9.17) is 14.2 Å². The molecule has 1 aromatic heterocycles. The summed E-state index contributed by atoms with van der Waals surface area (Å²) >= 11 is 0. The number of carbonyl (C=O) groups is 2. The number of carbonyl (C=O) groups excluding carboxylic acids is 2. The lowest BCUT2D eigenvalue weighted by molar-refractivity contribution is -0.132. The van der Waals surface area contributed by atoms with E-state index in [1.165, 1.54) is 19.2 Å². The molecule has 9 nitrogen and oxygen atoms in total. The van der Waals surface area contributed by atoms with Crippen molar-refractivity contribution in [3.63, 3.8) is 0 Å². The molecule has 1 N–H and O–H groups in total. The van der Waals surface area contributed by atoms with Crippen molar-refractivity contribution in [2.45, 2.75) is 52.0 Å². The Hall–Kier alpha value is -2.10. The van der Waals surface area contributed by atoms with Crippen LogP contribution in [0.2, 0.25) is 0 Å². The van der Waals surface area contributed by atoms with Crippen LogP contribution in [0.25, 0.3) is 0 Å². The number of rotatable bonds is 9. The van der Waals surface area contributed by atoms with Crippen molar-refractivity contribution in [2.24, 2.45) is 0 Å². The first-order chi connectivity index (χ1) is 12.5. The van der Waals surface area contributed by atoms with Gasteiger partial charge in [-0.05, 0) is 18.9 Å². The molecule has 1 aliphatic rings. The van der Waals surface area contributed by atoms with Crippen LogP contribution in [0, 0.1) is 0 Å². The van der Waals surface area contributed by atoms with Gasteiger partial charge in [0.2, 0.25) is 17.9 Å². The second-order valence-electron chi connectivity index (χ2n) is 5.98. The summed E-state index contributed by atoms with van der Waals surface area (Å²) in [4.78, 5) is 39.8. The summed E-state index contributed by atoms with van der Waals surface area (Å²) in [5, 5.41) is 2.42. The van der Waals surface area contributed by atoms with Crippen molar-refractivity contribution in [1.29, 1.82) is 0 Å². The number of hydrogen-bond acceptors (Lipinski definition) is 7. The number of aromatic nitrogens is 2. The van der Waals surface area contributed by atoms with Gasteiger partial charge in [0.1, 0.15) is 18.0 Å². The van der Waals surface area contributed by atoms with E-state index in [2.05, 4.69) is 10.3 Å². The Bertz CT molecular complexity index is 689. The number of nitrogens with zero attached hydrogens (tertiary/aromatic N) is 2. The number of hydrogen-bond donors (Lipinski definition) is 1. The molecule has 0 radical (unpaired) electrons. The molecule has 2 heterocycles. The fourth-order valence-corrected chi connectivity index (χ4v) is 2.58. The van der Waals surface area contributed by atoms with E-state index in [0.29, 0.717) is 13.2 Å². The summed E-state index contributed by atoms with van der Waals surface area (Å²) < 4.78 is 18.0. The summed E-state index contributed by atoms with van der Waals surface area (Å²) in [6.45, 7) is 6.40. The number of Topliss-reactive ketones (excluding diaryl/α,β-unsaturated/α-hetero) is 1. The van der Waals surface area contributed by atoms with Gasteiger partial charge < -0.3 is 19.5 Å². The zero-order valence-corrected chi connectivity index (χ0v) is 15.3. The molecular formula is C17H25N3O6. The van der Waals surface area contributed by atoms with Gasteiger partial charge in [0.15, 0.2) is 0 Å². The number of amides is 1. The number of anilines is 1. The Balaban J connectivity index is 2.18. The van der Waals surface area contributed by atoms with Crippen molar-refractivity contribution < 1.29 is 23.8 Å². The van der Waals surface area contributed by atoms with E-state index in [1.807, 2.05) is 13.8 Å². The zero-order chi connectivity index (χ0) is 19.1. The van der Waals surface area contributed by atoms with E-state index in [0.717, 1.165) is 17.4 Å².